The second kappa shape index (κ2) is 6.38. The van der Waals surface area contributed by atoms with Crippen LogP contribution in [-0.4, -0.2) is 0 Å². The van der Waals surface area contributed by atoms with E-state index in [1.54, 1.807) is 0 Å². The highest BCUT2D eigenvalue weighted by Gasteiger charge is 2.02. The number of allylic oxidation sites excluding steroid dienone is 2. The van der Waals surface area contributed by atoms with Gasteiger partial charge in [-0.15, -0.1) is 0 Å². The fourth-order valence-corrected chi connectivity index (χ4v) is 2.28. The lowest BCUT2D eigenvalue weighted by molar-refractivity contribution is 0.988. The van der Waals surface area contributed by atoms with Gasteiger partial charge in [0.1, 0.15) is 0 Å². The molecule has 19 heavy (non-hydrogen) atoms. The number of rotatable bonds is 4. The lowest BCUT2D eigenvalue weighted by atomic mass is 9.96. The molecule has 0 saturated carbocycles. The lowest BCUT2D eigenvalue weighted by Gasteiger charge is -2.09. The van der Waals surface area contributed by atoms with Crippen LogP contribution in [0, 0.1) is 6.92 Å². The minimum absolute atomic E-state index is 1.12. The Balaban J connectivity index is 2.23. The lowest BCUT2D eigenvalue weighted by Crippen LogP contribution is -1.89. The molecule has 98 valence electrons. The topological polar surface area (TPSA) is 0 Å². The number of aryl methyl sites for hydroxylation is 2. The number of hydrogen-bond acceptors (Lipinski definition) is 0. The summed E-state index contributed by atoms with van der Waals surface area (Å²) in [7, 11) is 0. The first kappa shape index (κ1) is 13.6. The molecule has 0 aliphatic carbocycles. The molecule has 0 spiro atoms. The van der Waals surface area contributed by atoms with Gasteiger partial charge >= 0.3 is 0 Å². The van der Waals surface area contributed by atoms with E-state index in [-0.39, 0.29) is 0 Å². The second-order valence-electron chi connectivity index (χ2n) is 5.34. The molecule has 0 aliphatic heterocycles. The second-order valence-corrected chi connectivity index (χ2v) is 5.34. The molecule has 0 unspecified atom stereocenters. The third-order valence-corrected chi connectivity index (χ3v) is 3.37. The molecule has 0 heterocycles. The van der Waals surface area contributed by atoms with Gasteiger partial charge in [-0.3, -0.25) is 0 Å². The molecular formula is C19H22. The van der Waals surface area contributed by atoms with Gasteiger partial charge in [-0.2, -0.15) is 0 Å². The minimum atomic E-state index is 1.12. The van der Waals surface area contributed by atoms with Crippen LogP contribution in [0.15, 0.2) is 60.2 Å². The van der Waals surface area contributed by atoms with Gasteiger partial charge in [-0.05, 0) is 55.9 Å². The zero-order valence-electron chi connectivity index (χ0n) is 12.1. The van der Waals surface area contributed by atoms with Crippen LogP contribution in [0.5, 0.6) is 0 Å². The maximum atomic E-state index is 2.34. The van der Waals surface area contributed by atoms with Gasteiger partial charge in [-0.25, -0.2) is 0 Å². The first-order valence-corrected chi connectivity index (χ1v) is 6.95. The molecule has 2 aromatic rings. The van der Waals surface area contributed by atoms with Crippen molar-refractivity contribution < 1.29 is 0 Å². The Bertz CT molecular complexity index is 558. The molecule has 0 saturated heterocycles. The Hall–Kier alpha value is -1.82. The van der Waals surface area contributed by atoms with Gasteiger partial charge in [0.15, 0.2) is 0 Å². The highest BCUT2D eigenvalue weighted by atomic mass is 14.1. The van der Waals surface area contributed by atoms with Crippen molar-refractivity contribution in [2.24, 2.45) is 0 Å². The monoisotopic (exact) mass is 250 g/mol. The Morgan fingerprint density at radius 1 is 1.00 bits per heavy atom. The molecule has 0 radical (unpaired) electrons. The summed E-state index contributed by atoms with van der Waals surface area (Å²) in [5.74, 6) is 0. The smallest absolute Gasteiger partial charge is 0.0152 e. The maximum absolute atomic E-state index is 2.34. The van der Waals surface area contributed by atoms with Crippen molar-refractivity contribution in [3.63, 3.8) is 0 Å². The summed E-state index contributed by atoms with van der Waals surface area (Å²) in [5.41, 5.74) is 6.83. The standard InChI is InChI=1S/C19H22/c1-15(2)8-7-9-17-13-12-16(3)19(14-17)18-10-5-4-6-11-18/h4-6,8,10-14H,7,9H2,1-3H3. The summed E-state index contributed by atoms with van der Waals surface area (Å²) in [5, 5.41) is 0. The van der Waals surface area contributed by atoms with Crippen LogP contribution in [0.3, 0.4) is 0 Å². The van der Waals surface area contributed by atoms with E-state index in [9.17, 15) is 0 Å². The van der Waals surface area contributed by atoms with Crippen LogP contribution in [-0.2, 0) is 6.42 Å². The molecule has 0 heteroatoms. The van der Waals surface area contributed by atoms with E-state index < -0.39 is 0 Å². The molecule has 0 fully saturated rings. The molecule has 0 N–H and O–H groups in total. The van der Waals surface area contributed by atoms with Crippen LogP contribution in [0.4, 0.5) is 0 Å². The largest absolute Gasteiger partial charge is 0.0856 e. The average molecular weight is 250 g/mol. The number of benzene rings is 2. The zero-order valence-corrected chi connectivity index (χ0v) is 12.1. The van der Waals surface area contributed by atoms with Crippen molar-refractivity contribution in [1.29, 1.82) is 0 Å². The summed E-state index contributed by atoms with van der Waals surface area (Å²) >= 11 is 0. The van der Waals surface area contributed by atoms with E-state index in [0.29, 0.717) is 0 Å². The summed E-state index contributed by atoms with van der Waals surface area (Å²) in [6.45, 7) is 6.50. The van der Waals surface area contributed by atoms with E-state index in [1.165, 1.54) is 27.8 Å². The third kappa shape index (κ3) is 3.82. The van der Waals surface area contributed by atoms with E-state index >= 15 is 0 Å². The quantitative estimate of drug-likeness (QED) is 0.623. The molecule has 2 aromatic carbocycles. The molecule has 0 bridgehead atoms. The van der Waals surface area contributed by atoms with Crippen LogP contribution in [0.1, 0.15) is 31.4 Å². The molecular weight excluding hydrogens is 228 g/mol. The SMILES string of the molecule is CC(C)=CCCc1ccc(C)c(-c2ccccc2)c1. The molecule has 0 aliphatic rings. The Kier molecular flexibility index (Phi) is 4.57. The summed E-state index contributed by atoms with van der Waals surface area (Å²) < 4.78 is 0. The molecule has 2 rings (SSSR count). The highest BCUT2D eigenvalue weighted by Crippen LogP contribution is 2.24. The van der Waals surface area contributed by atoms with E-state index in [0.717, 1.165) is 12.8 Å². The van der Waals surface area contributed by atoms with Gasteiger partial charge in [-0.1, -0.05) is 60.2 Å². The Labute approximate surface area is 116 Å². The van der Waals surface area contributed by atoms with Gasteiger partial charge in [0, 0.05) is 0 Å². The van der Waals surface area contributed by atoms with Gasteiger partial charge in [0.05, 0.1) is 0 Å². The Morgan fingerprint density at radius 3 is 2.42 bits per heavy atom. The normalized spacial score (nSPS) is 10.3. The fourth-order valence-electron chi connectivity index (χ4n) is 2.28. The molecule has 0 amide bonds. The van der Waals surface area contributed by atoms with E-state index in [1.807, 2.05) is 0 Å². The number of hydrogen-bond donors (Lipinski definition) is 0. The first-order chi connectivity index (χ1) is 9.16. The minimum Gasteiger partial charge on any atom is -0.0856 e. The van der Waals surface area contributed by atoms with Crippen LogP contribution < -0.4 is 0 Å². The van der Waals surface area contributed by atoms with Crippen LogP contribution in [0.2, 0.25) is 0 Å². The molecule has 0 atom stereocenters. The van der Waals surface area contributed by atoms with Crippen LogP contribution in [0.25, 0.3) is 11.1 Å². The molecule has 0 nitrogen and oxygen atoms in total. The van der Waals surface area contributed by atoms with Crippen molar-refractivity contribution in [2.75, 3.05) is 0 Å². The van der Waals surface area contributed by atoms with Crippen molar-refractivity contribution in [3.05, 3.63) is 71.3 Å². The summed E-state index contributed by atoms with van der Waals surface area (Å²) in [4.78, 5) is 0. The van der Waals surface area contributed by atoms with Gasteiger partial charge in [0.2, 0.25) is 0 Å². The summed E-state index contributed by atoms with van der Waals surface area (Å²) in [6.07, 6.45) is 4.55. The third-order valence-electron chi connectivity index (χ3n) is 3.37. The van der Waals surface area contributed by atoms with Crippen molar-refractivity contribution in [2.45, 2.75) is 33.6 Å². The Morgan fingerprint density at radius 2 is 1.74 bits per heavy atom. The van der Waals surface area contributed by atoms with Crippen molar-refractivity contribution in [3.8, 4) is 11.1 Å². The van der Waals surface area contributed by atoms with Crippen molar-refractivity contribution >= 4 is 0 Å². The maximum Gasteiger partial charge on any atom is -0.0152 e. The highest BCUT2D eigenvalue weighted by molar-refractivity contribution is 5.67. The van der Waals surface area contributed by atoms with Crippen molar-refractivity contribution in [1.82, 2.24) is 0 Å². The predicted octanol–water partition coefficient (Wildman–Crippen LogP) is 5.56. The molecule has 0 aromatic heterocycles. The fraction of sp³-hybridized carbons (Fsp3) is 0.263. The van der Waals surface area contributed by atoms with E-state index in [2.05, 4.69) is 75.4 Å². The predicted molar refractivity (Wildman–Crippen MR) is 84.4 cm³/mol. The summed E-state index contributed by atoms with van der Waals surface area (Å²) in [6, 6.07) is 17.5. The first-order valence-electron chi connectivity index (χ1n) is 6.95. The zero-order chi connectivity index (χ0) is 13.7. The van der Waals surface area contributed by atoms with Gasteiger partial charge in [0.25, 0.3) is 0 Å². The average Bonchev–Trinajstić information content (AvgIpc) is 2.41. The van der Waals surface area contributed by atoms with Gasteiger partial charge < -0.3 is 0 Å². The van der Waals surface area contributed by atoms with E-state index in [4.69, 9.17) is 0 Å². The van der Waals surface area contributed by atoms with Crippen LogP contribution >= 0.6 is 0 Å².